The lowest BCUT2D eigenvalue weighted by atomic mass is 9.45. The Labute approximate surface area is 151 Å². The molecule has 7 atom stereocenters. The van der Waals surface area contributed by atoms with Crippen molar-refractivity contribution in [1.29, 1.82) is 0 Å². The molecular weight excluding hydrogens is 310 g/mol. The molecular formula is C22H33NS. The van der Waals surface area contributed by atoms with Gasteiger partial charge in [-0.05, 0) is 85.9 Å². The predicted molar refractivity (Wildman–Crippen MR) is 101 cm³/mol. The van der Waals surface area contributed by atoms with E-state index in [0.717, 1.165) is 29.6 Å². The molecule has 0 saturated heterocycles. The zero-order valence-electron chi connectivity index (χ0n) is 15.5. The zero-order chi connectivity index (χ0) is 16.4. The first-order chi connectivity index (χ1) is 11.6. The standard InChI is InChI=1S/C22H33NS/c1-21-11-4-3-5-15(21)6-7-16-17-8-9-19(20-23-13-14-24-20)22(17,2)12-10-18(16)21/h13-19H,3-12H2,1-2H3/t15?,16-,17-,18-,19?,21-,22-/m0/s1. The number of hydrogen-bond donors (Lipinski definition) is 0. The Bertz CT molecular complexity index is 595. The molecule has 4 aliphatic carbocycles. The van der Waals surface area contributed by atoms with Crippen molar-refractivity contribution in [3.8, 4) is 0 Å². The van der Waals surface area contributed by atoms with E-state index < -0.39 is 0 Å². The first-order valence-electron chi connectivity index (χ1n) is 10.5. The Balaban J connectivity index is 1.45. The van der Waals surface area contributed by atoms with Crippen LogP contribution in [0.3, 0.4) is 0 Å². The van der Waals surface area contributed by atoms with Crippen molar-refractivity contribution >= 4 is 11.3 Å². The number of rotatable bonds is 1. The summed E-state index contributed by atoms with van der Waals surface area (Å²) in [4.78, 5) is 4.74. The van der Waals surface area contributed by atoms with E-state index in [-0.39, 0.29) is 0 Å². The summed E-state index contributed by atoms with van der Waals surface area (Å²) < 4.78 is 0. The van der Waals surface area contributed by atoms with Gasteiger partial charge in [-0.1, -0.05) is 26.7 Å². The minimum absolute atomic E-state index is 0.539. The first-order valence-corrected chi connectivity index (χ1v) is 11.4. The van der Waals surface area contributed by atoms with Crippen LogP contribution in [0.4, 0.5) is 0 Å². The van der Waals surface area contributed by atoms with Crippen molar-refractivity contribution < 1.29 is 0 Å². The van der Waals surface area contributed by atoms with Gasteiger partial charge in [0.1, 0.15) is 0 Å². The van der Waals surface area contributed by atoms with E-state index in [2.05, 4.69) is 19.2 Å². The van der Waals surface area contributed by atoms with Crippen molar-refractivity contribution in [3.05, 3.63) is 16.6 Å². The van der Waals surface area contributed by atoms with Gasteiger partial charge in [-0.3, -0.25) is 0 Å². The molecule has 24 heavy (non-hydrogen) atoms. The van der Waals surface area contributed by atoms with Gasteiger partial charge in [0.25, 0.3) is 0 Å². The van der Waals surface area contributed by atoms with E-state index in [4.69, 9.17) is 4.98 Å². The highest BCUT2D eigenvalue weighted by molar-refractivity contribution is 7.09. The predicted octanol–water partition coefficient (Wildman–Crippen LogP) is 6.66. The van der Waals surface area contributed by atoms with E-state index in [9.17, 15) is 0 Å². The molecule has 0 spiro atoms. The molecule has 0 N–H and O–H groups in total. The van der Waals surface area contributed by atoms with Crippen molar-refractivity contribution in [2.75, 3.05) is 0 Å². The fraction of sp³-hybridized carbons (Fsp3) is 0.864. The molecule has 2 heteroatoms. The third kappa shape index (κ3) is 2.07. The molecule has 0 aromatic carbocycles. The lowest BCUT2D eigenvalue weighted by Crippen LogP contribution is -2.52. The molecule has 132 valence electrons. The van der Waals surface area contributed by atoms with Crippen molar-refractivity contribution in [3.63, 3.8) is 0 Å². The van der Waals surface area contributed by atoms with Gasteiger partial charge in [0.05, 0.1) is 5.01 Å². The van der Waals surface area contributed by atoms with Gasteiger partial charge in [-0.2, -0.15) is 0 Å². The van der Waals surface area contributed by atoms with E-state index >= 15 is 0 Å². The molecule has 4 aliphatic rings. The Morgan fingerprint density at radius 2 is 1.79 bits per heavy atom. The number of aromatic nitrogens is 1. The van der Waals surface area contributed by atoms with Crippen LogP contribution in [0.15, 0.2) is 11.6 Å². The van der Waals surface area contributed by atoms with Crippen LogP contribution in [0, 0.1) is 34.5 Å². The normalized spacial score (nSPS) is 50.8. The molecule has 1 aromatic rings. The van der Waals surface area contributed by atoms with Crippen LogP contribution in [-0.4, -0.2) is 4.98 Å². The maximum atomic E-state index is 4.74. The molecule has 0 radical (unpaired) electrons. The number of fused-ring (bicyclic) bond motifs is 5. The van der Waals surface area contributed by atoms with Gasteiger partial charge < -0.3 is 0 Å². The topological polar surface area (TPSA) is 12.9 Å². The average molecular weight is 344 g/mol. The Kier molecular flexibility index (Phi) is 3.67. The quantitative estimate of drug-likeness (QED) is 0.555. The van der Waals surface area contributed by atoms with Crippen molar-refractivity contribution in [2.24, 2.45) is 34.5 Å². The summed E-state index contributed by atoms with van der Waals surface area (Å²) in [6, 6.07) is 0. The lowest BCUT2D eigenvalue weighted by Gasteiger charge is -2.60. The highest BCUT2D eigenvalue weighted by Crippen LogP contribution is 2.69. The zero-order valence-corrected chi connectivity index (χ0v) is 16.3. The summed E-state index contributed by atoms with van der Waals surface area (Å²) in [5.41, 5.74) is 1.22. The Morgan fingerprint density at radius 1 is 0.917 bits per heavy atom. The first kappa shape index (κ1) is 15.9. The van der Waals surface area contributed by atoms with Gasteiger partial charge in [0.15, 0.2) is 0 Å². The Morgan fingerprint density at radius 3 is 2.62 bits per heavy atom. The van der Waals surface area contributed by atoms with Crippen LogP contribution in [0.5, 0.6) is 0 Å². The molecule has 5 rings (SSSR count). The third-order valence-electron chi connectivity index (χ3n) is 9.33. The van der Waals surface area contributed by atoms with Gasteiger partial charge >= 0.3 is 0 Å². The van der Waals surface area contributed by atoms with Gasteiger partial charge in [-0.15, -0.1) is 11.3 Å². The average Bonchev–Trinajstić information content (AvgIpc) is 3.20. The summed E-state index contributed by atoms with van der Waals surface area (Å²) in [5.74, 6) is 4.83. The second kappa shape index (κ2) is 5.56. The Hall–Kier alpha value is -0.370. The SMILES string of the molecule is C[C@]12CCCCC1CC[C@@H]1[C@@H]2CC[C@]2(C)C(c3nccs3)CC[C@@H]12. The fourth-order valence-corrected chi connectivity index (χ4v) is 9.04. The van der Waals surface area contributed by atoms with Gasteiger partial charge in [-0.25, -0.2) is 4.98 Å². The molecule has 4 saturated carbocycles. The molecule has 1 aromatic heterocycles. The van der Waals surface area contributed by atoms with Crippen LogP contribution in [0.25, 0.3) is 0 Å². The maximum Gasteiger partial charge on any atom is 0.0961 e. The van der Waals surface area contributed by atoms with Gasteiger partial charge in [0, 0.05) is 17.5 Å². The summed E-state index contributed by atoms with van der Waals surface area (Å²) >= 11 is 1.91. The molecule has 1 nitrogen and oxygen atoms in total. The fourth-order valence-electron chi connectivity index (χ4n) is 8.11. The lowest BCUT2D eigenvalue weighted by molar-refractivity contribution is -0.105. The summed E-state index contributed by atoms with van der Waals surface area (Å²) in [7, 11) is 0. The van der Waals surface area contributed by atoms with Crippen LogP contribution >= 0.6 is 11.3 Å². The van der Waals surface area contributed by atoms with Crippen LogP contribution in [-0.2, 0) is 0 Å². The molecule has 0 aliphatic heterocycles. The van der Waals surface area contributed by atoms with E-state index in [0.29, 0.717) is 10.8 Å². The molecule has 2 unspecified atom stereocenters. The smallest absolute Gasteiger partial charge is 0.0961 e. The molecule has 0 amide bonds. The third-order valence-corrected chi connectivity index (χ3v) is 10.2. The molecule has 1 heterocycles. The minimum Gasteiger partial charge on any atom is -0.249 e. The van der Waals surface area contributed by atoms with Crippen LogP contribution in [0.1, 0.15) is 89.0 Å². The second-order valence-corrected chi connectivity index (χ2v) is 10.9. The summed E-state index contributed by atoms with van der Waals surface area (Å²) in [5, 5.41) is 3.63. The second-order valence-electron chi connectivity index (χ2n) is 9.95. The van der Waals surface area contributed by atoms with E-state index in [1.807, 2.05) is 17.5 Å². The van der Waals surface area contributed by atoms with E-state index in [1.165, 1.54) is 69.2 Å². The summed E-state index contributed by atoms with van der Waals surface area (Å²) in [6.45, 7) is 5.34. The number of hydrogen-bond acceptors (Lipinski definition) is 2. The maximum absolute atomic E-state index is 4.74. The number of thiazole rings is 1. The minimum atomic E-state index is 0.539. The monoisotopic (exact) mass is 343 g/mol. The van der Waals surface area contributed by atoms with Crippen LogP contribution < -0.4 is 0 Å². The largest absolute Gasteiger partial charge is 0.249 e. The highest BCUT2D eigenvalue weighted by Gasteiger charge is 2.60. The van der Waals surface area contributed by atoms with E-state index in [1.54, 1.807) is 0 Å². The number of nitrogens with zero attached hydrogens (tertiary/aromatic N) is 1. The van der Waals surface area contributed by atoms with Crippen molar-refractivity contribution in [1.82, 2.24) is 4.98 Å². The van der Waals surface area contributed by atoms with Crippen molar-refractivity contribution in [2.45, 2.75) is 84.0 Å². The van der Waals surface area contributed by atoms with Crippen LogP contribution in [0.2, 0.25) is 0 Å². The molecule has 4 fully saturated rings. The summed E-state index contributed by atoms with van der Waals surface area (Å²) in [6.07, 6.45) is 17.0. The molecule has 0 bridgehead atoms. The highest BCUT2D eigenvalue weighted by atomic mass is 32.1. The van der Waals surface area contributed by atoms with Gasteiger partial charge in [0.2, 0.25) is 0 Å².